The minimum Gasteiger partial charge on any atom is -0.494 e. The number of fused-ring (bicyclic) bond motifs is 1. The molecule has 2 aromatic carbocycles. The van der Waals surface area contributed by atoms with E-state index in [9.17, 15) is 0 Å². The van der Waals surface area contributed by atoms with Crippen molar-refractivity contribution in [2.75, 3.05) is 6.61 Å². The Morgan fingerprint density at radius 3 is 2.64 bits per heavy atom. The number of rotatable bonds is 4. The lowest BCUT2D eigenvalue weighted by atomic mass is 10.1. The number of benzene rings is 2. The molecule has 0 aliphatic heterocycles. The first kappa shape index (κ1) is 14.6. The van der Waals surface area contributed by atoms with Crippen molar-refractivity contribution in [1.82, 2.24) is 4.98 Å². The first-order chi connectivity index (χ1) is 10.8. The van der Waals surface area contributed by atoms with Gasteiger partial charge in [0.25, 0.3) is 0 Å². The van der Waals surface area contributed by atoms with Gasteiger partial charge in [-0.1, -0.05) is 25.2 Å². The Balaban J connectivity index is 1.70. The summed E-state index contributed by atoms with van der Waals surface area (Å²) >= 11 is 1.65. The van der Waals surface area contributed by atoms with Gasteiger partial charge in [0, 0.05) is 11.1 Å². The van der Waals surface area contributed by atoms with Crippen molar-refractivity contribution in [3.8, 4) is 17.6 Å². The molecule has 0 amide bonds. The first-order valence-electron chi connectivity index (χ1n) is 7.43. The van der Waals surface area contributed by atoms with Gasteiger partial charge in [-0.3, -0.25) is 0 Å². The monoisotopic (exact) mass is 307 g/mol. The molecule has 1 aromatic heterocycles. The van der Waals surface area contributed by atoms with E-state index >= 15 is 0 Å². The summed E-state index contributed by atoms with van der Waals surface area (Å²) in [6.07, 6.45) is 2.23. The zero-order chi connectivity index (χ0) is 15.2. The fourth-order valence-corrected chi connectivity index (χ4v) is 2.71. The Morgan fingerprint density at radius 1 is 1.05 bits per heavy atom. The van der Waals surface area contributed by atoms with E-state index in [1.54, 1.807) is 11.3 Å². The van der Waals surface area contributed by atoms with Crippen molar-refractivity contribution in [2.45, 2.75) is 19.8 Å². The van der Waals surface area contributed by atoms with E-state index < -0.39 is 0 Å². The highest BCUT2D eigenvalue weighted by atomic mass is 32.1. The third kappa shape index (κ3) is 3.66. The van der Waals surface area contributed by atoms with Crippen LogP contribution in [0.15, 0.2) is 48.0 Å². The molecule has 0 atom stereocenters. The highest BCUT2D eigenvalue weighted by molar-refractivity contribution is 7.16. The summed E-state index contributed by atoms with van der Waals surface area (Å²) in [5.41, 5.74) is 4.85. The molecule has 0 fully saturated rings. The van der Waals surface area contributed by atoms with Gasteiger partial charge in [-0.05, 0) is 48.9 Å². The van der Waals surface area contributed by atoms with Crippen LogP contribution in [0, 0.1) is 11.8 Å². The number of nitrogens with zero attached hydrogens (tertiary/aromatic N) is 1. The van der Waals surface area contributed by atoms with Gasteiger partial charge in [0.1, 0.15) is 5.75 Å². The van der Waals surface area contributed by atoms with Crippen molar-refractivity contribution in [2.24, 2.45) is 0 Å². The molecule has 0 saturated carbocycles. The standard InChI is InChI=1S/C19H17NOS/c1-2-3-12-21-17-9-6-15(7-10-17)4-5-16-8-11-19-18(13-16)20-14-22-19/h6-11,13-14H,2-3,12H2,1H3. The Bertz CT molecular complexity index is 809. The second-order valence-electron chi connectivity index (χ2n) is 5.01. The molecule has 0 aliphatic rings. The maximum atomic E-state index is 5.65. The van der Waals surface area contributed by atoms with Crippen LogP contribution in [0.3, 0.4) is 0 Å². The Labute approximate surface area is 134 Å². The van der Waals surface area contributed by atoms with Crippen LogP contribution < -0.4 is 4.74 Å². The normalized spacial score (nSPS) is 10.2. The number of unbranched alkanes of at least 4 members (excludes halogenated alkanes) is 1. The SMILES string of the molecule is CCCCOc1ccc(C#Cc2ccc3scnc3c2)cc1. The van der Waals surface area contributed by atoms with Crippen molar-refractivity contribution in [3.05, 3.63) is 59.1 Å². The van der Waals surface area contributed by atoms with Crippen molar-refractivity contribution >= 4 is 21.6 Å². The minimum absolute atomic E-state index is 0.773. The lowest BCUT2D eigenvalue weighted by molar-refractivity contribution is 0.309. The van der Waals surface area contributed by atoms with Gasteiger partial charge in [0.05, 0.1) is 22.3 Å². The van der Waals surface area contributed by atoms with Gasteiger partial charge < -0.3 is 4.74 Å². The van der Waals surface area contributed by atoms with Gasteiger partial charge >= 0.3 is 0 Å². The van der Waals surface area contributed by atoms with Gasteiger partial charge in [-0.15, -0.1) is 11.3 Å². The van der Waals surface area contributed by atoms with E-state index in [1.807, 2.05) is 41.9 Å². The molecule has 0 unspecified atom stereocenters. The Hall–Kier alpha value is -2.31. The average Bonchev–Trinajstić information content (AvgIpc) is 3.02. The molecule has 110 valence electrons. The summed E-state index contributed by atoms with van der Waals surface area (Å²) in [5, 5.41) is 0. The number of ether oxygens (including phenoxy) is 1. The second-order valence-corrected chi connectivity index (χ2v) is 5.90. The predicted octanol–water partition coefficient (Wildman–Crippen LogP) is 4.88. The van der Waals surface area contributed by atoms with E-state index in [2.05, 4.69) is 29.8 Å². The second kappa shape index (κ2) is 7.11. The van der Waals surface area contributed by atoms with E-state index in [4.69, 9.17) is 4.74 Å². The van der Waals surface area contributed by atoms with Crippen LogP contribution in [0.4, 0.5) is 0 Å². The molecule has 3 heteroatoms. The Morgan fingerprint density at radius 2 is 1.82 bits per heavy atom. The highest BCUT2D eigenvalue weighted by Gasteiger charge is 1.97. The topological polar surface area (TPSA) is 22.1 Å². The van der Waals surface area contributed by atoms with Crippen LogP contribution in [-0.2, 0) is 0 Å². The molecule has 0 saturated heterocycles. The molecule has 0 aliphatic carbocycles. The average molecular weight is 307 g/mol. The summed E-state index contributed by atoms with van der Waals surface area (Å²) in [5.74, 6) is 7.28. The quantitative estimate of drug-likeness (QED) is 0.506. The van der Waals surface area contributed by atoms with E-state index in [0.717, 1.165) is 41.8 Å². The maximum Gasteiger partial charge on any atom is 0.119 e. The molecule has 1 heterocycles. The van der Waals surface area contributed by atoms with Crippen molar-refractivity contribution < 1.29 is 4.74 Å². The zero-order valence-corrected chi connectivity index (χ0v) is 13.3. The molecular weight excluding hydrogens is 290 g/mol. The molecule has 3 rings (SSSR count). The Kier molecular flexibility index (Phi) is 4.72. The molecule has 3 aromatic rings. The molecular formula is C19H17NOS. The molecule has 0 bridgehead atoms. The van der Waals surface area contributed by atoms with Gasteiger partial charge in [0.15, 0.2) is 0 Å². The van der Waals surface area contributed by atoms with Crippen molar-refractivity contribution in [3.63, 3.8) is 0 Å². The fourth-order valence-electron chi connectivity index (χ4n) is 2.05. The third-order valence-corrected chi connectivity index (χ3v) is 4.11. The maximum absolute atomic E-state index is 5.65. The summed E-state index contributed by atoms with van der Waals surface area (Å²) in [7, 11) is 0. The predicted molar refractivity (Wildman–Crippen MR) is 92.4 cm³/mol. The zero-order valence-electron chi connectivity index (χ0n) is 12.5. The summed E-state index contributed by atoms with van der Waals surface area (Å²) < 4.78 is 6.84. The summed E-state index contributed by atoms with van der Waals surface area (Å²) in [6, 6.07) is 14.1. The van der Waals surface area contributed by atoms with Crippen LogP contribution in [0.2, 0.25) is 0 Å². The van der Waals surface area contributed by atoms with Crippen LogP contribution in [0.25, 0.3) is 10.2 Å². The smallest absolute Gasteiger partial charge is 0.119 e. The lowest BCUT2D eigenvalue weighted by Crippen LogP contribution is -1.95. The number of aromatic nitrogens is 1. The molecule has 0 radical (unpaired) electrons. The van der Waals surface area contributed by atoms with E-state index in [1.165, 1.54) is 4.70 Å². The number of thiazole rings is 1. The van der Waals surface area contributed by atoms with Gasteiger partial charge in [-0.25, -0.2) is 4.98 Å². The molecule has 0 N–H and O–H groups in total. The fraction of sp³-hybridized carbons (Fsp3) is 0.211. The first-order valence-corrected chi connectivity index (χ1v) is 8.31. The van der Waals surface area contributed by atoms with Crippen LogP contribution in [0.1, 0.15) is 30.9 Å². The summed E-state index contributed by atoms with van der Waals surface area (Å²) in [6.45, 7) is 2.93. The lowest BCUT2D eigenvalue weighted by Gasteiger charge is -2.04. The molecule has 2 nitrogen and oxygen atoms in total. The molecule has 22 heavy (non-hydrogen) atoms. The van der Waals surface area contributed by atoms with Gasteiger partial charge in [0.2, 0.25) is 0 Å². The van der Waals surface area contributed by atoms with Gasteiger partial charge in [-0.2, -0.15) is 0 Å². The minimum atomic E-state index is 0.773. The van der Waals surface area contributed by atoms with Crippen molar-refractivity contribution in [1.29, 1.82) is 0 Å². The largest absolute Gasteiger partial charge is 0.494 e. The van der Waals surface area contributed by atoms with Crippen LogP contribution in [-0.4, -0.2) is 11.6 Å². The number of hydrogen-bond acceptors (Lipinski definition) is 3. The summed E-state index contributed by atoms with van der Waals surface area (Å²) in [4.78, 5) is 4.32. The number of hydrogen-bond donors (Lipinski definition) is 0. The van der Waals surface area contributed by atoms with E-state index in [0.29, 0.717) is 0 Å². The molecule has 0 spiro atoms. The third-order valence-electron chi connectivity index (χ3n) is 3.30. The van der Waals surface area contributed by atoms with E-state index in [-0.39, 0.29) is 0 Å². The van der Waals surface area contributed by atoms with Crippen LogP contribution >= 0.6 is 11.3 Å². The highest BCUT2D eigenvalue weighted by Crippen LogP contribution is 2.18. The van der Waals surface area contributed by atoms with Crippen LogP contribution in [0.5, 0.6) is 5.75 Å².